The molecule has 3 N–H and O–H groups in total. The molecule has 1 aromatic heterocycles. The van der Waals surface area contributed by atoms with Gasteiger partial charge in [-0.15, -0.1) is 0 Å². The first kappa shape index (κ1) is 22.2. The maximum atomic E-state index is 13.4. The number of fused-ring (bicyclic) bond motifs is 1. The van der Waals surface area contributed by atoms with Crippen molar-refractivity contribution in [1.29, 1.82) is 0 Å². The zero-order valence-electron chi connectivity index (χ0n) is 19.9. The first-order valence-electron chi connectivity index (χ1n) is 12.5. The van der Waals surface area contributed by atoms with Gasteiger partial charge in [0.15, 0.2) is 5.60 Å². The topological polar surface area (TPSA) is 81.1 Å². The number of allylic oxidation sites excluding steroid dienone is 1. The van der Waals surface area contributed by atoms with Gasteiger partial charge < -0.3 is 10.8 Å². The van der Waals surface area contributed by atoms with E-state index >= 15 is 0 Å². The van der Waals surface area contributed by atoms with Gasteiger partial charge in [0.1, 0.15) is 5.82 Å². The summed E-state index contributed by atoms with van der Waals surface area (Å²) in [5.74, 6) is -0.946. The Morgan fingerprint density at radius 2 is 2.00 bits per heavy atom. The van der Waals surface area contributed by atoms with Crippen molar-refractivity contribution in [3.05, 3.63) is 88.5 Å². The highest BCUT2D eigenvalue weighted by atomic mass is 19.1. The monoisotopic (exact) mass is 471 g/mol. The lowest BCUT2D eigenvalue weighted by molar-refractivity contribution is -0.137. The zero-order chi connectivity index (χ0) is 24.4. The van der Waals surface area contributed by atoms with E-state index < -0.39 is 11.5 Å². The van der Waals surface area contributed by atoms with Crippen LogP contribution in [0.4, 0.5) is 4.39 Å². The lowest BCUT2D eigenvalue weighted by atomic mass is 9.79. The number of nitrogens with two attached hydrogens (primary N) is 1. The van der Waals surface area contributed by atoms with Crippen LogP contribution in [0.2, 0.25) is 0 Å². The number of primary amides is 1. The summed E-state index contributed by atoms with van der Waals surface area (Å²) in [4.78, 5) is 12.1. The third-order valence-corrected chi connectivity index (χ3v) is 9.03. The first-order valence-corrected chi connectivity index (χ1v) is 12.5. The molecule has 2 aromatic carbocycles. The van der Waals surface area contributed by atoms with Crippen molar-refractivity contribution in [2.24, 2.45) is 16.6 Å². The predicted octanol–water partition coefficient (Wildman–Crippen LogP) is 4.84. The molecule has 3 aromatic rings. The Morgan fingerprint density at radius 1 is 1.23 bits per heavy atom. The predicted molar refractivity (Wildman–Crippen MR) is 132 cm³/mol. The van der Waals surface area contributed by atoms with Crippen molar-refractivity contribution in [2.45, 2.75) is 57.5 Å². The fourth-order valence-corrected chi connectivity index (χ4v) is 6.93. The number of aliphatic hydroxyl groups is 1. The van der Waals surface area contributed by atoms with Crippen LogP contribution >= 0.6 is 0 Å². The molecule has 1 heterocycles. The average Bonchev–Trinajstić information content (AvgIpc) is 3.13. The van der Waals surface area contributed by atoms with Gasteiger partial charge in [-0.1, -0.05) is 36.8 Å². The van der Waals surface area contributed by atoms with Crippen LogP contribution in [0.25, 0.3) is 11.8 Å². The quantitative estimate of drug-likeness (QED) is 0.518. The van der Waals surface area contributed by atoms with Crippen molar-refractivity contribution < 1.29 is 14.3 Å². The van der Waals surface area contributed by atoms with Crippen molar-refractivity contribution in [1.82, 2.24) is 9.78 Å². The number of halogens is 1. The molecule has 2 fully saturated rings. The summed E-state index contributed by atoms with van der Waals surface area (Å²) in [6.07, 6.45) is 10.7. The summed E-state index contributed by atoms with van der Waals surface area (Å²) < 4.78 is 15.3. The van der Waals surface area contributed by atoms with Gasteiger partial charge >= 0.3 is 0 Å². The molecule has 35 heavy (non-hydrogen) atoms. The van der Waals surface area contributed by atoms with E-state index in [4.69, 9.17) is 5.73 Å². The average molecular weight is 472 g/mol. The Kier molecular flexibility index (Phi) is 4.84. The molecule has 6 rings (SSSR count). The minimum Gasteiger partial charge on any atom is -0.375 e. The number of rotatable bonds is 7. The SMILES string of the molecule is CCC(O)(C(N)=O)c1ccccc1CC[C@]12CCC3=Cc4c(cnn4-c4ccc(F)cc4)CC31C2. The summed E-state index contributed by atoms with van der Waals surface area (Å²) in [6.45, 7) is 1.79. The van der Waals surface area contributed by atoms with Crippen LogP contribution in [0.1, 0.15) is 61.4 Å². The van der Waals surface area contributed by atoms with Gasteiger partial charge in [-0.05, 0) is 97.4 Å². The number of carbonyl (C=O) groups is 1. The van der Waals surface area contributed by atoms with Gasteiger partial charge in [0, 0.05) is 5.41 Å². The summed E-state index contributed by atoms with van der Waals surface area (Å²) in [6, 6.07) is 14.1. The molecule has 1 amide bonds. The molecular weight excluding hydrogens is 441 g/mol. The molecule has 0 saturated heterocycles. The molecule has 0 bridgehead atoms. The van der Waals surface area contributed by atoms with Crippen LogP contribution in [0, 0.1) is 16.6 Å². The number of amides is 1. The largest absolute Gasteiger partial charge is 0.375 e. The number of hydrogen-bond donors (Lipinski definition) is 2. The third kappa shape index (κ3) is 3.16. The molecule has 6 heteroatoms. The van der Waals surface area contributed by atoms with Gasteiger partial charge in [0.05, 0.1) is 17.6 Å². The standard InChI is InChI=1S/C29H30FN3O2/c1-2-29(35,26(31)34)24-6-4-3-5-19(24)11-13-27-14-12-21-15-25-20(16-28(21,27)18-27)17-32-33(25)23-9-7-22(30)8-10-23/h3-10,15,17,35H,2,11-14,16,18H2,1H3,(H2,31,34)/t27-,28?,29?/m1/s1. The Morgan fingerprint density at radius 3 is 2.74 bits per heavy atom. The molecule has 5 nitrogen and oxygen atoms in total. The van der Waals surface area contributed by atoms with Gasteiger partial charge in [-0.3, -0.25) is 4.79 Å². The zero-order valence-corrected chi connectivity index (χ0v) is 19.9. The van der Waals surface area contributed by atoms with E-state index in [1.807, 2.05) is 35.1 Å². The van der Waals surface area contributed by atoms with E-state index in [0.29, 0.717) is 5.56 Å². The molecule has 2 unspecified atom stereocenters. The summed E-state index contributed by atoms with van der Waals surface area (Å²) in [7, 11) is 0. The highest BCUT2D eigenvalue weighted by molar-refractivity contribution is 5.85. The van der Waals surface area contributed by atoms with Crippen molar-refractivity contribution in [3.63, 3.8) is 0 Å². The van der Waals surface area contributed by atoms with E-state index in [9.17, 15) is 14.3 Å². The number of benzene rings is 2. The van der Waals surface area contributed by atoms with Crippen LogP contribution in [-0.2, 0) is 23.2 Å². The third-order valence-electron chi connectivity index (χ3n) is 9.03. The smallest absolute Gasteiger partial charge is 0.254 e. The van der Waals surface area contributed by atoms with Crippen molar-refractivity contribution in [3.8, 4) is 5.69 Å². The molecule has 180 valence electrons. The van der Waals surface area contributed by atoms with E-state index in [0.717, 1.165) is 49.0 Å². The number of carbonyl (C=O) groups excluding carboxylic acids is 1. The van der Waals surface area contributed by atoms with Crippen LogP contribution in [0.5, 0.6) is 0 Å². The van der Waals surface area contributed by atoms with Crippen LogP contribution < -0.4 is 5.73 Å². The first-order chi connectivity index (χ1) is 16.8. The Bertz CT molecular complexity index is 1360. The molecule has 3 aliphatic carbocycles. The Balaban J connectivity index is 1.26. The van der Waals surface area contributed by atoms with E-state index in [1.54, 1.807) is 19.1 Å². The fraction of sp³-hybridized carbons (Fsp3) is 0.379. The Hall–Kier alpha value is -3.25. The number of aromatic nitrogens is 2. The minimum absolute atomic E-state index is 0.191. The summed E-state index contributed by atoms with van der Waals surface area (Å²) >= 11 is 0. The number of hydrogen-bond acceptors (Lipinski definition) is 3. The maximum absolute atomic E-state index is 13.4. The second-order valence-corrected chi connectivity index (χ2v) is 10.6. The second kappa shape index (κ2) is 7.62. The Labute approximate surface area is 204 Å². The summed E-state index contributed by atoms with van der Waals surface area (Å²) in [5.41, 5.74) is 10.8. The number of nitrogens with zero attached hydrogens (tertiary/aromatic N) is 2. The second-order valence-electron chi connectivity index (χ2n) is 10.6. The molecule has 1 spiro atoms. The van der Waals surface area contributed by atoms with Crippen LogP contribution in [-0.4, -0.2) is 20.8 Å². The molecule has 2 saturated carbocycles. The highest BCUT2D eigenvalue weighted by Gasteiger charge is 2.71. The maximum Gasteiger partial charge on any atom is 0.254 e. The van der Waals surface area contributed by atoms with E-state index in [2.05, 4.69) is 11.2 Å². The lowest BCUT2D eigenvalue weighted by Crippen LogP contribution is -2.41. The van der Waals surface area contributed by atoms with Gasteiger partial charge in [-0.25, -0.2) is 9.07 Å². The molecular formula is C29H30FN3O2. The van der Waals surface area contributed by atoms with Gasteiger partial charge in [0.2, 0.25) is 0 Å². The van der Waals surface area contributed by atoms with Crippen LogP contribution in [0.15, 0.2) is 60.3 Å². The van der Waals surface area contributed by atoms with Crippen molar-refractivity contribution >= 4 is 12.0 Å². The highest BCUT2D eigenvalue weighted by Crippen LogP contribution is 2.79. The fourth-order valence-electron chi connectivity index (χ4n) is 6.93. The van der Waals surface area contributed by atoms with Gasteiger partial charge in [0.25, 0.3) is 5.91 Å². The van der Waals surface area contributed by atoms with Crippen LogP contribution in [0.3, 0.4) is 0 Å². The van der Waals surface area contributed by atoms with E-state index in [-0.39, 0.29) is 23.1 Å². The molecule has 0 aliphatic heterocycles. The van der Waals surface area contributed by atoms with Gasteiger partial charge in [-0.2, -0.15) is 5.10 Å². The lowest BCUT2D eigenvalue weighted by Gasteiger charge is -2.27. The molecule has 3 atom stereocenters. The normalized spacial score (nSPS) is 25.7. The van der Waals surface area contributed by atoms with E-state index in [1.165, 1.54) is 29.7 Å². The summed E-state index contributed by atoms with van der Waals surface area (Å²) in [5, 5.41) is 15.6. The minimum atomic E-state index is -1.63. The molecule has 0 radical (unpaired) electrons. The number of aryl methyl sites for hydroxylation is 1. The van der Waals surface area contributed by atoms with Crippen molar-refractivity contribution in [2.75, 3.05) is 0 Å². The molecule has 3 aliphatic rings.